The van der Waals surface area contributed by atoms with Gasteiger partial charge < -0.3 is 15.4 Å². The molecule has 0 fully saturated rings. The summed E-state index contributed by atoms with van der Waals surface area (Å²) >= 11 is 3.64. The fraction of sp³-hybridized carbons (Fsp3) is 0.571. The summed E-state index contributed by atoms with van der Waals surface area (Å²) < 4.78 is 6.32. The molecule has 0 aliphatic carbocycles. The molecule has 3 nitrogen and oxygen atoms in total. The van der Waals surface area contributed by atoms with Crippen molar-refractivity contribution >= 4 is 21.6 Å². The molecule has 1 aromatic carbocycles. The fourth-order valence-corrected chi connectivity index (χ4v) is 2.71. The van der Waals surface area contributed by atoms with E-state index in [2.05, 4.69) is 52.9 Å². The number of benzene rings is 1. The summed E-state index contributed by atoms with van der Waals surface area (Å²) in [6, 6.07) is 6.72. The molecule has 1 rings (SSSR count). The van der Waals surface area contributed by atoms with Crippen molar-refractivity contribution in [1.29, 1.82) is 0 Å². The maximum Gasteiger partial charge on any atom is 0.0663 e. The molecule has 18 heavy (non-hydrogen) atoms. The van der Waals surface area contributed by atoms with Crippen molar-refractivity contribution in [3.8, 4) is 0 Å². The average Bonchev–Trinajstić information content (AvgIpc) is 2.32. The molecule has 4 heteroatoms. The molecule has 0 aliphatic heterocycles. The van der Waals surface area contributed by atoms with Crippen LogP contribution in [0.25, 0.3) is 0 Å². The van der Waals surface area contributed by atoms with Crippen LogP contribution in [0.15, 0.2) is 22.7 Å². The van der Waals surface area contributed by atoms with Gasteiger partial charge in [-0.15, -0.1) is 0 Å². The maximum absolute atomic E-state index is 5.89. The normalized spacial score (nSPS) is 14.3. The first-order valence-corrected chi connectivity index (χ1v) is 7.11. The van der Waals surface area contributed by atoms with Crippen molar-refractivity contribution in [2.45, 2.75) is 32.9 Å². The van der Waals surface area contributed by atoms with Crippen molar-refractivity contribution in [3.05, 3.63) is 28.2 Å². The predicted octanol–water partition coefficient (Wildman–Crippen LogP) is 3.33. The van der Waals surface area contributed by atoms with Gasteiger partial charge in [0, 0.05) is 30.2 Å². The van der Waals surface area contributed by atoms with Crippen LogP contribution in [0.2, 0.25) is 0 Å². The number of halogens is 1. The summed E-state index contributed by atoms with van der Waals surface area (Å²) in [5.74, 6) is 0. The van der Waals surface area contributed by atoms with Gasteiger partial charge in [0.15, 0.2) is 0 Å². The van der Waals surface area contributed by atoms with Crippen molar-refractivity contribution in [2.24, 2.45) is 5.73 Å². The summed E-state index contributed by atoms with van der Waals surface area (Å²) in [6.45, 7) is 7.97. The Morgan fingerprint density at radius 3 is 2.50 bits per heavy atom. The molecule has 0 spiro atoms. The lowest BCUT2D eigenvalue weighted by Crippen LogP contribution is -2.36. The minimum absolute atomic E-state index is 0.0572. The van der Waals surface area contributed by atoms with Crippen molar-refractivity contribution in [1.82, 2.24) is 0 Å². The Morgan fingerprint density at radius 1 is 1.39 bits per heavy atom. The lowest BCUT2D eigenvalue weighted by Gasteiger charge is -2.31. The number of ether oxygens (including phenoxy) is 1. The molecule has 1 aromatic rings. The molecular formula is C14H23BrN2O. The molecule has 102 valence electrons. The lowest BCUT2D eigenvalue weighted by molar-refractivity contribution is 0.182. The molecule has 0 saturated heterocycles. The SMILES string of the molecule is CCN(c1ccc([C@H](C)N)cc1Br)C(C)COC. The Bertz CT molecular complexity index is 382. The van der Waals surface area contributed by atoms with Gasteiger partial charge in [-0.1, -0.05) is 6.07 Å². The number of anilines is 1. The summed E-state index contributed by atoms with van der Waals surface area (Å²) in [5, 5.41) is 0. The van der Waals surface area contributed by atoms with E-state index in [-0.39, 0.29) is 6.04 Å². The molecule has 2 N–H and O–H groups in total. The maximum atomic E-state index is 5.89. The highest BCUT2D eigenvalue weighted by molar-refractivity contribution is 9.10. The van der Waals surface area contributed by atoms with Crippen LogP contribution in [0.3, 0.4) is 0 Å². The van der Waals surface area contributed by atoms with Gasteiger partial charge in [0.1, 0.15) is 0 Å². The number of rotatable bonds is 6. The van der Waals surface area contributed by atoms with Gasteiger partial charge in [0.2, 0.25) is 0 Å². The molecule has 0 radical (unpaired) electrons. The van der Waals surface area contributed by atoms with E-state index >= 15 is 0 Å². The van der Waals surface area contributed by atoms with E-state index in [1.165, 1.54) is 5.69 Å². The topological polar surface area (TPSA) is 38.5 Å². The van der Waals surface area contributed by atoms with E-state index in [0.29, 0.717) is 6.04 Å². The molecule has 1 unspecified atom stereocenters. The highest BCUT2D eigenvalue weighted by Gasteiger charge is 2.15. The zero-order valence-corrected chi connectivity index (χ0v) is 13.2. The van der Waals surface area contributed by atoms with Gasteiger partial charge in [-0.05, 0) is 54.4 Å². The number of hydrogen-bond donors (Lipinski definition) is 1. The van der Waals surface area contributed by atoms with Crippen molar-refractivity contribution in [3.63, 3.8) is 0 Å². The second-order valence-corrected chi connectivity index (χ2v) is 5.44. The van der Waals surface area contributed by atoms with E-state index in [4.69, 9.17) is 10.5 Å². The van der Waals surface area contributed by atoms with Gasteiger partial charge in [-0.2, -0.15) is 0 Å². The van der Waals surface area contributed by atoms with Gasteiger partial charge in [-0.25, -0.2) is 0 Å². The molecular weight excluding hydrogens is 292 g/mol. The molecule has 0 saturated carbocycles. The smallest absolute Gasteiger partial charge is 0.0663 e. The number of methoxy groups -OCH3 is 1. The summed E-state index contributed by atoms with van der Waals surface area (Å²) in [6.07, 6.45) is 0. The van der Waals surface area contributed by atoms with Crippen molar-refractivity contribution in [2.75, 3.05) is 25.2 Å². The Hall–Kier alpha value is -0.580. The Labute approximate surface area is 118 Å². The molecule has 0 bridgehead atoms. The average molecular weight is 315 g/mol. The van der Waals surface area contributed by atoms with E-state index in [1.807, 2.05) is 6.92 Å². The second-order valence-electron chi connectivity index (χ2n) is 4.59. The third-order valence-electron chi connectivity index (χ3n) is 3.09. The first-order valence-electron chi connectivity index (χ1n) is 6.31. The van der Waals surface area contributed by atoms with Crippen LogP contribution < -0.4 is 10.6 Å². The number of hydrogen-bond acceptors (Lipinski definition) is 3. The molecule has 0 heterocycles. The van der Waals surface area contributed by atoms with E-state index in [0.717, 1.165) is 23.2 Å². The minimum atomic E-state index is 0.0572. The van der Waals surface area contributed by atoms with Crippen LogP contribution in [-0.2, 0) is 4.74 Å². The highest BCUT2D eigenvalue weighted by Crippen LogP contribution is 2.30. The third kappa shape index (κ3) is 3.70. The molecule has 0 aromatic heterocycles. The standard InChI is InChI=1S/C14H23BrN2O/c1-5-17(10(2)9-18-4)14-7-6-12(11(3)16)8-13(14)15/h6-8,10-11H,5,9,16H2,1-4H3/t10?,11-/m0/s1. The van der Waals surface area contributed by atoms with E-state index in [9.17, 15) is 0 Å². The van der Waals surface area contributed by atoms with Gasteiger partial charge in [-0.3, -0.25) is 0 Å². The molecule has 2 atom stereocenters. The summed E-state index contributed by atoms with van der Waals surface area (Å²) in [7, 11) is 1.73. The Balaban J connectivity index is 2.99. The van der Waals surface area contributed by atoms with E-state index < -0.39 is 0 Å². The van der Waals surface area contributed by atoms with Crippen molar-refractivity contribution < 1.29 is 4.74 Å². The third-order valence-corrected chi connectivity index (χ3v) is 3.72. The zero-order valence-electron chi connectivity index (χ0n) is 11.6. The number of nitrogens with zero attached hydrogens (tertiary/aromatic N) is 1. The van der Waals surface area contributed by atoms with Crippen LogP contribution in [0.5, 0.6) is 0 Å². The molecule has 0 amide bonds. The van der Waals surface area contributed by atoms with Gasteiger partial charge in [0.05, 0.1) is 12.3 Å². The predicted molar refractivity (Wildman–Crippen MR) is 81.1 cm³/mol. The first-order chi connectivity index (χ1) is 8.51. The quantitative estimate of drug-likeness (QED) is 0.875. The summed E-state index contributed by atoms with van der Waals surface area (Å²) in [5.41, 5.74) is 8.22. The molecule has 0 aliphatic rings. The fourth-order valence-electron chi connectivity index (χ4n) is 2.09. The van der Waals surface area contributed by atoms with Gasteiger partial charge >= 0.3 is 0 Å². The van der Waals surface area contributed by atoms with Crippen LogP contribution in [0.4, 0.5) is 5.69 Å². The van der Waals surface area contributed by atoms with E-state index in [1.54, 1.807) is 7.11 Å². The van der Waals surface area contributed by atoms with Crippen LogP contribution in [-0.4, -0.2) is 26.3 Å². The number of nitrogens with two attached hydrogens (primary N) is 1. The van der Waals surface area contributed by atoms with Gasteiger partial charge in [0.25, 0.3) is 0 Å². The Kier molecular flexibility index (Phi) is 6.12. The van der Waals surface area contributed by atoms with Crippen LogP contribution >= 0.6 is 15.9 Å². The number of likely N-dealkylation sites (N-methyl/N-ethyl adjacent to an activating group) is 1. The zero-order chi connectivity index (χ0) is 13.7. The summed E-state index contributed by atoms with van der Waals surface area (Å²) in [4.78, 5) is 2.32. The highest BCUT2D eigenvalue weighted by atomic mass is 79.9. The largest absolute Gasteiger partial charge is 0.383 e. The monoisotopic (exact) mass is 314 g/mol. The minimum Gasteiger partial charge on any atom is -0.383 e. The second kappa shape index (κ2) is 7.12. The first kappa shape index (κ1) is 15.5. The van der Waals surface area contributed by atoms with Crippen LogP contribution in [0.1, 0.15) is 32.4 Å². The lowest BCUT2D eigenvalue weighted by atomic mass is 10.1. The van der Waals surface area contributed by atoms with Crippen LogP contribution in [0, 0.1) is 0 Å². The Morgan fingerprint density at radius 2 is 2.06 bits per heavy atom.